The average Bonchev–Trinajstić information content (AvgIpc) is 2.70. The second-order valence-electron chi connectivity index (χ2n) is 8.38. The third-order valence-electron chi connectivity index (χ3n) is 5.54. The number of aryl methyl sites for hydroxylation is 5. The van der Waals surface area contributed by atoms with Gasteiger partial charge in [-0.25, -0.2) is 8.42 Å². The maximum atomic E-state index is 13.4. The Morgan fingerprint density at radius 1 is 0.812 bits per heavy atom. The summed E-state index contributed by atoms with van der Waals surface area (Å²) in [5.74, 6) is -0.400. The first-order valence-electron chi connectivity index (χ1n) is 10.6. The van der Waals surface area contributed by atoms with Crippen LogP contribution in [0.4, 0.5) is 5.69 Å². The van der Waals surface area contributed by atoms with E-state index in [1.165, 1.54) is 0 Å². The lowest BCUT2D eigenvalue weighted by Gasteiger charge is -2.21. The second-order valence-corrected chi connectivity index (χ2v) is 10.0. The van der Waals surface area contributed by atoms with Crippen LogP contribution in [-0.4, -0.2) is 20.4 Å². The fourth-order valence-corrected chi connectivity index (χ4v) is 5.57. The Labute approximate surface area is 190 Å². The lowest BCUT2D eigenvalue weighted by atomic mass is 10.1. The van der Waals surface area contributed by atoms with Crippen molar-refractivity contribution < 1.29 is 13.2 Å². The van der Waals surface area contributed by atoms with Gasteiger partial charge in [0.2, 0.25) is 15.9 Å². The summed E-state index contributed by atoms with van der Waals surface area (Å²) in [5, 5.41) is 2.88. The molecule has 0 aliphatic rings. The number of hydrogen-bond acceptors (Lipinski definition) is 3. The topological polar surface area (TPSA) is 75.3 Å². The van der Waals surface area contributed by atoms with Crippen molar-refractivity contribution >= 4 is 21.6 Å². The summed E-state index contributed by atoms with van der Waals surface area (Å²) in [6.45, 7) is 9.45. The standard InChI is InChI=1S/C26H30N2O3S/c1-17-13-20(4)25(21(5)14-17)32(30,31)28-24(16-22-9-7-6-8-10-22)26(29)27-23-12-11-18(2)19(3)15-23/h6-15,24,28H,16H2,1-5H3,(H,27,29). The first-order valence-corrected chi connectivity index (χ1v) is 12.1. The van der Waals surface area contributed by atoms with Crippen LogP contribution in [0.3, 0.4) is 0 Å². The molecule has 0 saturated carbocycles. The first-order chi connectivity index (χ1) is 15.1. The van der Waals surface area contributed by atoms with Crippen LogP contribution in [0.2, 0.25) is 0 Å². The van der Waals surface area contributed by atoms with Crippen LogP contribution < -0.4 is 10.0 Å². The van der Waals surface area contributed by atoms with Gasteiger partial charge in [-0.15, -0.1) is 0 Å². The molecule has 1 atom stereocenters. The molecule has 0 saturated heterocycles. The number of nitrogens with one attached hydrogen (secondary N) is 2. The number of amides is 1. The summed E-state index contributed by atoms with van der Waals surface area (Å²) in [6.07, 6.45) is 0.237. The molecule has 6 heteroatoms. The highest BCUT2D eigenvalue weighted by Crippen LogP contribution is 2.23. The van der Waals surface area contributed by atoms with Gasteiger partial charge in [0, 0.05) is 5.69 Å². The van der Waals surface area contributed by atoms with E-state index < -0.39 is 22.0 Å². The summed E-state index contributed by atoms with van der Waals surface area (Å²) in [5.41, 5.74) is 5.98. The van der Waals surface area contributed by atoms with E-state index in [4.69, 9.17) is 0 Å². The summed E-state index contributed by atoms with van der Waals surface area (Å²) in [7, 11) is -3.92. The summed E-state index contributed by atoms with van der Waals surface area (Å²) < 4.78 is 29.4. The van der Waals surface area contributed by atoms with Crippen LogP contribution >= 0.6 is 0 Å². The summed E-state index contributed by atoms with van der Waals surface area (Å²) in [4.78, 5) is 13.4. The van der Waals surface area contributed by atoms with Crippen LogP contribution in [0.1, 0.15) is 33.4 Å². The van der Waals surface area contributed by atoms with Crippen LogP contribution in [0.25, 0.3) is 0 Å². The van der Waals surface area contributed by atoms with E-state index in [2.05, 4.69) is 10.0 Å². The summed E-state index contributed by atoms with van der Waals surface area (Å²) >= 11 is 0. The van der Waals surface area contributed by atoms with Gasteiger partial charge in [0.05, 0.1) is 4.90 Å². The number of hydrogen-bond donors (Lipinski definition) is 2. The normalized spacial score (nSPS) is 12.4. The molecular weight excluding hydrogens is 420 g/mol. The molecule has 0 bridgehead atoms. The van der Waals surface area contributed by atoms with Crippen molar-refractivity contribution in [2.45, 2.75) is 52.0 Å². The van der Waals surface area contributed by atoms with E-state index in [0.29, 0.717) is 16.8 Å². The highest BCUT2D eigenvalue weighted by atomic mass is 32.2. The predicted molar refractivity (Wildman–Crippen MR) is 129 cm³/mol. The Hall–Kier alpha value is -2.96. The highest BCUT2D eigenvalue weighted by Gasteiger charge is 2.28. The largest absolute Gasteiger partial charge is 0.325 e. The van der Waals surface area contributed by atoms with Crippen LogP contribution in [-0.2, 0) is 21.2 Å². The number of sulfonamides is 1. The zero-order valence-corrected chi connectivity index (χ0v) is 20.0. The predicted octanol–water partition coefficient (Wildman–Crippen LogP) is 4.76. The van der Waals surface area contributed by atoms with Crippen molar-refractivity contribution in [3.8, 4) is 0 Å². The molecule has 3 aromatic rings. The third-order valence-corrected chi connectivity index (χ3v) is 7.32. The SMILES string of the molecule is Cc1cc(C)c(S(=O)(=O)NC(Cc2ccccc2)C(=O)Nc2ccc(C)c(C)c2)c(C)c1. The van der Waals surface area contributed by atoms with E-state index in [9.17, 15) is 13.2 Å². The third kappa shape index (κ3) is 5.64. The van der Waals surface area contributed by atoms with Gasteiger partial charge in [0.1, 0.15) is 6.04 Å². The Morgan fingerprint density at radius 3 is 2.03 bits per heavy atom. The van der Waals surface area contributed by atoms with Crippen molar-refractivity contribution in [3.63, 3.8) is 0 Å². The van der Waals surface area contributed by atoms with E-state index in [-0.39, 0.29) is 11.3 Å². The van der Waals surface area contributed by atoms with Crippen molar-refractivity contribution in [1.82, 2.24) is 4.72 Å². The van der Waals surface area contributed by atoms with Gasteiger partial charge in [-0.3, -0.25) is 4.79 Å². The maximum Gasteiger partial charge on any atom is 0.242 e. The molecule has 0 spiro atoms. The Balaban J connectivity index is 1.93. The maximum absolute atomic E-state index is 13.4. The lowest BCUT2D eigenvalue weighted by Crippen LogP contribution is -2.45. The molecule has 3 rings (SSSR count). The van der Waals surface area contributed by atoms with Crippen LogP contribution in [0.5, 0.6) is 0 Å². The molecule has 2 N–H and O–H groups in total. The minimum Gasteiger partial charge on any atom is -0.325 e. The Kier molecular flexibility index (Phi) is 7.16. The van der Waals surface area contributed by atoms with Gasteiger partial charge < -0.3 is 5.32 Å². The fraction of sp³-hybridized carbons (Fsp3) is 0.269. The number of anilines is 1. The molecule has 1 amide bonds. The van der Waals surface area contributed by atoms with Crippen molar-refractivity contribution in [1.29, 1.82) is 0 Å². The highest BCUT2D eigenvalue weighted by molar-refractivity contribution is 7.89. The minimum absolute atomic E-state index is 0.222. The first kappa shape index (κ1) is 23.7. The lowest BCUT2D eigenvalue weighted by molar-refractivity contribution is -0.117. The quantitative estimate of drug-likeness (QED) is 0.545. The summed E-state index contributed by atoms with van der Waals surface area (Å²) in [6, 6.07) is 17.7. The Bertz CT molecular complexity index is 1210. The van der Waals surface area contributed by atoms with Gasteiger partial charge in [-0.05, 0) is 81.0 Å². The second kappa shape index (κ2) is 9.67. The van der Waals surface area contributed by atoms with Crippen molar-refractivity contribution in [2.75, 3.05) is 5.32 Å². The number of rotatable bonds is 7. The molecule has 168 valence electrons. The zero-order chi connectivity index (χ0) is 23.5. The molecule has 5 nitrogen and oxygen atoms in total. The van der Waals surface area contributed by atoms with Gasteiger partial charge in [0.25, 0.3) is 0 Å². The molecule has 32 heavy (non-hydrogen) atoms. The number of carbonyl (C=O) groups is 1. The van der Waals surface area contributed by atoms with Gasteiger partial charge in [0.15, 0.2) is 0 Å². The molecule has 0 heterocycles. The smallest absolute Gasteiger partial charge is 0.242 e. The van der Waals surface area contributed by atoms with Crippen LogP contribution in [0.15, 0.2) is 65.6 Å². The molecule has 0 radical (unpaired) electrons. The molecule has 1 unspecified atom stereocenters. The van der Waals surface area contributed by atoms with Gasteiger partial charge in [-0.1, -0.05) is 54.1 Å². The Morgan fingerprint density at radius 2 is 1.44 bits per heavy atom. The molecule has 3 aromatic carbocycles. The number of benzene rings is 3. The monoisotopic (exact) mass is 450 g/mol. The molecule has 0 aliphatic heterocycles. The van der Waals surface area contributed by atoms with E-state index in [1.807, 2.05) is 81.4 Å². The average molecular weight is 451 g/mol. The fourth-order valence-electron chi connectivity index (χ4n) is 3.92. The van der Waals surface area contributed by atoms with Crippen LogP contribution in [0, 0.1) is 34.6 Å². The van der Waals surface area contributed by atoms with E-state index >= 15 is 0 Å². The minimum atomic E-state index is -3.92. The van der Waals surface area contributed by atoms with Crippen molar-refractivity contribution in [2.24, 2.45) is 0 Å². The number of carbonyl (C=O) groups excluding carboxylic acids is 1. The van der Waals surface area contributed by atoms with Gasteiger partial charge in [-0.2, -0.15) is 4.72 Å². The zero-order valence-electron chi connectivity index (χ0n) is 19.2. The molecule has 0 aliphatic carbocycles. The molecule has 0 aromatic heterocycles. The van der Waals surface area contributed by atoms with E-state index in [1.54, 1.807) is 13.8 Å². The van der Waals surface area contributed by atoms with Gasteiger partial charge >= 0.3 is 0 Å². The van der Waals surface area contributed by atoms with Crippen molar-refractivity contribution in [3.05, 3.63) is 94.0 Å². The molecular formula is C26H30N2O3S. The molecule has 0 fully saturated rings. The van der Waals surface area contributed by atoms with E-state index in [0.717, 1.165) is 22.3 Å².